The molecule has 1 saturated heterocycles. The largest absolute Gasteiger partial charge is 0.379 e. The summed E-state index contributed by atoms with van der Waals surface area (Å²) < 4.78 is 5.44. The molecule has 5 nitrogen and oxygen atoms in total. The molecule has 1 fully saturated rings. The minimum atomic E-state index is 0.356. The molecule has 1 aliphatic heterocycles. The van der Waals surface area contributed by atoms with Crippen molar-refractivity contribution in [3.8, 4) is 0 Å². The average Bonchev–Trinajstić information content (AvgIpc) is 2.77. The van der Waals surface area contributed by atoms with E-state index in [-0.39, 0.29) is 0 Å². The van der Waals surface area contributed by atoms with Crippen molar-refractivity contribution in [3.05, 3.63) is 71.3 Å². The fourth-order valence-corrected chi connectivity index (χ4v) is 3.57. The SMILES string of the molecule is CN=C(NCc1cccc(CN2CCOCC2)c1)NC(C)CCc1ccccc1. The number of aryl methyl sites for hydroxylation is 1. The van der Waals surface area contributed by atoms with E-state index in [1.807, 2.05) is 7.05 Å². The van der Waals surface area contributed by atoms with E-state index in [1.165, 1.54) is 16.7 Å². The van der Waals surface area contributed by atoms with Crippen LogP contribution in [0.2, 0.25) is 0 Å². The molecule has 0 bridgehead atoms. The number of rotatable bonds is 8. The van der Waals surface area contributed by atoms with Crippen LogP contribution < -0.4 is 10.6 Å². The molecule has 1 aliphatic rings. The lowest BCUT2D eigenvalue weighted by molar-refractivity contribution is 0.0342. The Bertz CT molecular complexity index is 756. The van der Waals surface area contributed by atoms with Gasteiger partial charge in [0.05, 0.1) is 13.2 Å². The van der Waals surface area contributed by atoms with Gasteiger partial charge in [0.25, 0.3) is 0 Å². The first kappa shape index (κ1) is 21.3. The Hall–Kier alpha value is -2.37. The zero-order valence-electron chi connectivity index (χ0n) is 17.7. The summed E-state index contributed by atoms with van der Waals surface area (Å²) >= 11 is 0. The maximum absolute atomic E-state index is 5.44. The molecule has 5 heteroatoms. The summed E-state index contributed by atoms with van der Waals surface area (Å²) in [6.07, 6.45) is 2.13. The van der Waals surface area contributed by atoms with Crippen molar-refractivity contribution in [2.45, 2.75) is 38.9 Å². The predicted octanol–water partition coefficient (Wildman–Crippen LogP) is 3.21. The summed E-state index contributed by atoms with van der Waals surface area (Å²) in [4.78, 5) is 6.84. The van der Waals surface area contributed by atoms with Crippen LogP contribution in [0.25, 0.3) is 0 Å². The summed E-state index contributed by atoms with van der Waals surface area (Å²) in [6, 6.07) is 19.8. The lowest BCUT2D eigenvalue weighted by atomic mass is 10.1. The third kappa shape index (κ3) is 7.52. The van der Waals surface area contributed by atoms with Crippen LogP contribution in [0.15, 0.2) is 59.6 Å². The van der Waals surface area contributed by atoms with E-state index in [1.54, 1.807) is 0 Å². The summed E-state index contributed by atoms with van der Waals surface area (Å²) in [6.45, 7) is 7.67. The first-order chi connectivity index (χ1) is 14.2. The van der Waals surface area contributed by atoms with Crippen molar-refractivity contribution < 1.29 is 4.74 Å². The van der Waals surface area contributed by atoms with Gasteiger partial charge in [-0.25, -0.2) is 0 Å². The molecule has 0 amide bonds. The third-order valence-electron chi connectivity index (χ3n) is 5.28. The summed E-state index contributed by atoms with van der Waals surface area (Å²) in [5.41, 5.74) is 4.00. The van der Waals surface area contributed by atoms with Crippen LogP contribution in [-0.2, 0) is 24.2 Å². The first-order valence-electron chi connectivity index (χ1n) is 10.6. The van der Waals surface area contributed by atoms with Crippen molar-refractivity contribution in [1.82, 2.24) is 15.5 Å². The van der Waals surface area contributed by atoms with Crippen LogP contribution in [0, 0.1) is 0 Å². The van der Waals surface area contributed by atoms with Crippen LogP contribution in [0.4, 0.5) is 0 Å². The number of morpholine rings is 1. The summed E-state index contributed by atoms with van der Waals surface area (Å²) in [5, 5.41) is 6.96. The predicted molar refractivity (Wildman–Crippen MR) is 120 cm³/mol. The lowest BCUT2D eigenvalue weighted by Crippen LogP contribution is -2.42. The Balaban J connectivity index is 1.44. The molecule has 0 radical (unpaired) electrons. The fourth-order valence-electron chi connectivity index (χ4n) is 3.57. The van der Waals surface area contributed by atoms with E-state index in [0.29, 0.717) is 6.04 Å². The average molecular weight is 395 g/mol. The number of guanidine groups is 1. The molecule has 156 valence electrons. The quantitative estimate of drug-likeness (QED) is 0.533. The van der Waals surface area contributed by atoms with Gasteiger partial charge >= 0.3 is 0 Å². The Morgan fingerprint density at radius 3 is 2.52 bits per heavy atom. The smallest absolute Gasteiger partial charge is 0.191 e. The molecule has 0 spiro atoms. The van der Waals surface area contributed by atoms with E-state index in [4.69, 9.17) is 4.74 Å². The van der Waals surface area contributed by atoms with E-state index in [2.05, 4.69) is 82.0 Å². The molecular weight excluding hydrogens is 360 g/mol. The Morgan fingerprint density at radius 1 is 1.03 bits per heavy atom. The van der Waals surface area contributed by atoms with Crippen molar-refractivity contribution in [1.29, 1.82) is 0 Å². The first-order valence-corrected chi connectivity index (χ1v) is 10.6. The maximum Gasteiger partial charge on any atom is 0.191 e. The van der Waals surface area contributed by atoms with Gasteiger partial charge in [0, 0.05) is 39.3 Å². The molecule has 0 aromatic heterocycles. The van der Waals surface area contributed by atoms with Crippen molar-refractivity contribution in [2.24, 2.45) is 4.99 Å². The molecule has 0 aliphatic carbocycles. The Morgan fingerprint density at radius 2 is 1.76 bits per heavy atom. The number of hydrogen-bond donors (Lipinski definition) is 2. The molecule has 0 saturated carbocycles. The topological polar surface area (TPSA) is 48.9 Å². The normalized spacial score (nSPS) is 16.4. The van der Waals surface area contributed by atoms with Gasteiger partial charge in [-0.15, -0.1) is 0 Å². The highest BCUT2D eigenvalue weighted by atomic mass is 16.5. The monoisotopic (exact) mass is 394 g/mol. The van der Waals surface area contributed by atoms with E-state index < -0.39 is 0 Å². The van der Waals surface area contributed by atoms with Gasteiger partial charge in [0.2, 0.25) is 0 Å². The summed E-state index contributed by atoms with van der Waals surface area (Å²) in [7, 11) is 1.83. The standard InChI is InChI=1S/C24H34N4O/c1-20(11-12-21-7-4-3-5-8-21)27-24(25-2)26-18-22-9-6-10-23(17-22)19-28-13-15-29-16-14-28/h3-10,17,20H,11-16,18-19H2,1-2H3,(H2,25,26,27). The van der Waals surface area contributed by atoms with E-state index in [0.717, 1.165) is 58.2 Å². The zero-order chi connectivity index (χ0) is 20.3. The third-order valence-corrected chi connectivity index (χ3v) is 5.28. The second kappa shape index (κ2) is 11.6. The minimum absolute atomic E-state index is 0.356. The van der Waals surface area contributed by atoms with Crippen molar-refractivity contribution >= 4 is 5.96 Å². The van der Waals surface area contributed by atoms with Crippen LogP contribution in [0.3, 0.4) is 0 Å². The molecule has 2 aromatic rings. The highest BCUT2D eigenvalue weighted by Crippen LogP contribution is 2.10. The molecular formula is C24H34N4O. The van der Waals surface area contributed by atoms with Gasteiger partial charge < -0.3 is 15.4 Å². The van der Waals surface area contributed by atoms with Gasteiger partial charge in [-0.2, -0.15) is 0 Å². The number of hydrogen-bond acceptors (Lipinski definition) is 3. The van der Waals surface area contributed by atoms with Gasteiger partial charge in [0.15, 0.2) is 5.96 Å². The number of nitrogens with one attached hydrogen (secondary N) is 2. The van der Waals surface area contributed by atoms with Gasteiger partial charge in [0.1, 0.15) is 0 Å². The fraction of sp³-hybridized carbons (Fsp3) is 0.458. The minimum Gasteiger partial charge on any atom is -0.379 e. The molecule has 2 aromatic carbocycles. The molecule has 29 heavy (non-hydrogen) atoms. The number of benzene rings is 2. The highest BCUT2D eigenvalue weighted by molar-refractivity contribution is 5.79. The number of aliphatic imine (C=N–C) groups is 1. The molecule has 3 rings (SSSR count). The van der Waals surface area contributed by atoms with Crippen molar-refractivity contribution in [3.63, 3.8) is 0 Å². The number of nitrogens with zero attached hydrogens (tertiary/aromatic N) is 2. The van der Waals surface area contributed by atoms with Gasteiger partial charge in [-0.3, -0.25) is 9.89 Å². The highest BCUT2D eigenvalue weighted by Gasteiger charge is 2.11. The van der Waals surface area contributed by atoms with Crippen LogP contribution in [0.5, 0.6) is 0 Å². The van der Waals surface area contributed by atoms with Crippen LogP contribution >= 0.6 is 0 Å². The van der Waals surface area contributed by atoms with E-state index in [9.17, 15) is 0 Å². The summed E-state index contributed by atoms with van der Waals surface area (Å²) in [5.74, 6) is 0.851. The molecule has 1 unspecified atom stereocenters. The van der Waals surface area contributed by atoms with Gasteiger partial charge in [-0.05, 0) is 36.5 Å². The Kier molecular flexibility index (Phi) is 8.53. The molecule has 2 N–H and O–H groups in total. The lowest BCUT2D eigenvalue weighted by Gasteiger charge is -2.26. The number of ether oxygens (including phenoxy) is 1. The molecule has 1 heterocycles. The van der Waals surface area contributed by atoms with Gasteiger partial charge in [-0.1, -0.05) is 54.6 Å². The van der Waals surface area contributed by atoms with E-state index >= 15 is 0 Å². The second-order valence-electron chi connectivity index (χ2n) is 7.70. The van der Waals surface area contributed by atoms with Crippen molar-refractivity contribution in [2.75, 3.05) is 33.4 Å². The van der Waals surface area contributed by atoms with Crippen LogP contribution in [-0.4, -0.2) is 50.3 Å². The second-order valence-corrected chi connectivity index (χ2v) is 7.70. The Labute approximate surface area is 175 Å². The van der Waals surface area contributed by atoms with Crippen LogP contribution in [0.1, 0.15) is 30.0 Å². The molecule has 1 atom stereocenters. The maximum atomic E-state index is 5.44. The zero-order valence-corrected chi connectivity index (χ0v) is 17.7.